The molecule has 1 heterocycles. The predicted octanol–water partition coefficient (Wildman–Crippen LogP) is 3.37. The minimum atomic E-state index is -0.621. The molecule has 2 rings (SSSR count). The zero-order valence-corrected chi connectivity index (χ0v) is 12.0. The molecule has 1 aromatic carbocycles. The monoisotopic (exact) mass is 310 g/mol. The van der Waals surface area contributed by atoms with E-state index >= 15 is 0 Å². The van der Waals surface area contributed by atoms with E-state index in [0.717, 1.165) is 0 Å². The zero-order valence-electron chi connectivity index (χ0n) is 11.2. The smallest absolute Gasteiger partial charge is 0.253 e. The number of amides is 1. The Hall–Kier alpha value is -2.01. The molecule has 0 bridgehead atoms. The van der Waals surface area contributed by atoms with Crippen molar-refractivity contribution in [3.05, 3.63) is 64.4 Å². The highest BCUT2D eigenvalue weighted by molar-refractivity contribution is 6.29. The fourth-order valence-corrected chi connectivity index (χ4v) is 2.01. The van der Waals surface area contributed by atoms with Gasteiger partial charge in [-0.1, -0.05) is 17.7 Å². The lowest BCUT2D eigenvalue weighted by Gasteiger charge is -2.15. The van der Waals surface area contributed by atoms with E-state index in [0.29, 0.717) is 5.56 Å². The van der Waals surface area contributed by atoms with Crippen LogP contribution in [0.5, 0.6) is 0 Å². The Morgan fingerprint density at radius 3 is 2.52 bits per heavy atom. The van der Waals surface area contributed by atoms with Gasteiger partial charge in [-0.05, 0) is 37.6 Å². The number of halogens is 3. The Balaban J connectivity index is 2.03. The zero-order chi connectivity index (χ0) is 15.4. The lowest BCUT2D eigenvalue weighted by molar-refractivity contribution is 0.0939. The van der Waals surface area contributed by atoms with E-state index in [4.69, 9.17) is 11.6 Å². The molecule has 2 aromatic rings. The van der Waals surface area contributed by atoms with Crippen molar-refractivity contribution in [2.24, 2.45) is 0 Å². The van der Waals surface area contributed by atoms with Crippen LogP contribution in [-0.4, -0.2) is 16.9 Å². The first-order valence-corrected chi connectivity index (χ1v) is 6.70. The molecule has 0 radical (unpaired) electrons. The molecule has 1 atom stereocenters. The molecule has 0 aliphatic rings. The summed E-state index contributed by atoms with van der Waals surface area (Å²) < 4.78 is 27.1. The van der Waals surface area contributed by atoms with Crippen molar-refractivity contribution in [2.75, 3.05) is 0 Å². The van der Waals surface area contributed by atoms with E-state index in [9.17, 15) is 13.6 Å². The van der Waals surface area contributed by atoms with Gasteiger partial charge in [0, 0.05) is 17.8 Å². The molecule has 1 unspecified atom stereocenters. The standard InChI is InChI=1S/C15H13ClF2N2O/c1-9(7-11-12(17)3-2-4-13(11)18)20-15(21)10-5-6-14(16)19-8-10/h2-6,8-9H,7H2,1H3,(H,20,21). The molecule has 0 saturated heterocycles. The van der Waals surface area contributed by atoms with Crippen LogP contribution in [0.3, 0.4) is 0 Å². The maximum Gasteiger partial charge on any atom is 0.253 e. The molecular weight excluding hydrogens is 298 g/mol. The highest BCUT2D eigenvalue weighted by Crippen LogP contribution is 2.14. The number of nitrogens with zero attached hydrogens (tertiary/aromatic N) is 1. The molecule has 21 heavy (non-hydrogen) atoms. The van der Waals surface area contributed by atoms with Gasteiger partial charge in [0.15, 0.2) is 0 Å². The van der Waals surface area contributed by atoms with E-state index < -0.39 is 17.7 Å². The van der Waals surface area contributed by atoms with E-state index in [1.54, 1.807) is 6.92 Å². The van der Waals surface area contributed by atoms with Crippen molar-refractivity contribution >= 4 is 17.5 Å². The molecule has 0 aliphatic heterocycles. The first-order chi connectivity index (χ1) is 9.97. The third-order valence-corrected chi connectivity index (χ3v) is 3.16. The third kappa shape index (κ3) is 3.98. The number of rotatable bonds is 4. The Morgan fingerprint density at radius 1 is 1.29 bits per heavy atom. The van der Waals surface area contributed by atoms with Gasteiger partial charge in [-0.2, -0.15) is 0 Å². The van der Waals surface area contributed by atoms with Crippen LogP contribution in [0, 0.1) is 11.6 Å². The van der Waals surface area contributed by atoms with E-state index in [-0.39, 0.29) is 23.0 Å². The first-order valence-electron chi connectivity index (χ1n) is 6.32. The summed E-state index contributed by atoms with van der Waals surface area (Å²) >= 11 is 5.64. The second kappa shape index (κ2) is 6.63. The molecule has 6 heteroatoms. The molecule has 0 aliphatic carbocycles. The number of carbonyl (C=O) groups excluding carboxylic acids is 1. The maximum atomic E-state index is 13.5. The summed E-state index contributed by atoms with van der Waals surface area (Å²) in [5.41, 5.74) is 0.291. The maximum absolute atomic E-state index is 13.5. The van der Waals surface area contributed by atoms with Gasteiger partial charge in [0.25, 0.3) is 5.91 Å². The number of hydrogen-bond donors (Lipinski definition) is 1. The summed E-state index contributed by atoms with van der Waals surface area (Å²) in [6.07, 6.45) is 1.40. The number of aromatic nitrogens is 1. The first kappa shape index (κ1) is 15.4. The quantitative estimate of drug-likeness (QED) is 0.880. The topological polar surface area (TPSA) is 42.0 Å². The molecule has 0 spiro atoms. The highest BCUT2D eigenvalue weighted by Gasteiger charge is 2.15. The van der Waals surface area contributed by atoms with Crippen molar-refractivity contribution in [3.63, 3.8) is 0 Å². The van der Waals surface area contributed by atoms with E-state index in [1.165, 1.54) is 36.5 Å². The lowest BCUT2D eigenvalue weighted by atomic mass is 10.1. The van der Waals surface area contributed by atoms with Crippen molar-refractivity contribution in [1.82, 2.24) is 10.3 Å². The van der Waals surface area contributed by atoms with Crippen LogP contribution in [0.25, 0.3) is 0 Å². The molecule has 1 amide bonds. The number of hydrogen-bond acceptors (Lipinski definition) is 2. The van der Waals surface area contributed by atoms with Gasteiger partial charge in [-0.15, -0.1) is 0 Å². The molecule has 1 aromatic heterocycles. The number of pyridine rings is 1. The average Bonchev–Trinajstić information content (AvgIpc) is 2.43. The van der Waals surface area contributed by atoms with Crippen LogP contribution in [-0.2, 0) is 6.42 Å². The summed E-state index contributed by atoms with van der Waals surface area (Å²) in [4.78, 5) is 15.7. The number of carbonyl (C=O) groups is 1. The molecule has 0 saturated carbocycles. The van der Waals surface area contributed by atoms with Gasteiger partial charge in [-0.3, -0.25) is 4.79 Å². The SMILES string of the molecule is CC(Cc1c(F)cccc1F)NC(=O)c1ccc(Cl)nc1. The van der Waals surface area contributed by atoms with Crippen molar-refractivity contribution in [1.29, 1.82) is 0 Å². The molecule has 110 valence electrons. The molecule has 3 nitrogen and oxygen atoms in total. The Bertz CT molecular complexity index is 626. The average molecular weight is 311 g/mol. The van der Waals surface area contributed by atoms with Crippen LogP contribution in [0.2, 0.25) is 5.15 Å². The van der Waals surface area contributed by atoms with Gasteiger partial charge in [0.2, 0.25) is 0 Å². The summed E-state index contributed by atoms with van der Waals surface area (Å²) in [7, 11) is 0. The van der Waals surface area contributed by atoms with Crippen molar-refractivity contribution in [3.8, 4) is 0 Å². The second-order valence-corrected chi connectivity index (χ2v) is 5.04. The van der Waals surface area contributed by atoms with E-state index in [1.807, 2.05) is 0 Å². The van der Waals surface area contributed by atoms with Gasteiger partial charge in [0.1, 0.15) is 16.8 Å². The van der Waals surface area contributed by atoms with Gasteiger partial charge in [-0.25, -0.2) is 13.8 Å². The fraction of sp³-hybridized carbons (Fsp3) is 0.200. The predicted molar refractivity (Wildman–Crippen MR) is 76.2 cm³/mol. The lowest BCUT2D eigenvalue weighted by Crippen LogP contribution is -2.34. The third-order valence-electron chi connectivity index (χ3n) is 2.94. The van der Waals surface area contributed by atoms with E-state index in [2.05, 4.69) is 10.3 Å². The Morgan fingerprint density at radius 2 is 1.95 bits per heavy atom. The number of nitrogens with one attached hydrogen (secondary N) is 1. The normalized spacial score (nSPS) is 12.0. The molecule has 0 fully saturated rings. The van der Waals surface area contributed by atoms with Crippen LogP contribution >= 0.6 is 11.6 Å². The summed E-state index contributed by atoms with van der Waals surface area (Å²) in [5, 5.41) is 2.95. The highest BCUT2D eigenvalue weighted by atomic mass is 35.5. The van der Waals surface area contributed by atoms with Crippen LogP contribution in [0.15, 0.2) is 36.5 Å². The van der Waals surface area contributed by atoms with Crippen LogP contribution in [0.4, 0.5) is 8.78 Å². The Kier molecular flexibility index (Phi) is 4.85. The summed E-state index contributed by atoms with van der Waals surface area (Å²) in [6, 6.07) is 6.28. The summed E-state index contributed by atoms with van der Waals surface area (Å²) in [6.45, 7) is 1.67. The van der Waals surface area contributed by atoms with Crippen LogP contribution < -0.4 is 5.32 Å². The van der Waals surface area contributed by atoms with Crippen molar-refractivity contribution < 1.29 is 13.6 Å². The number of benzene rings is 1. The van der Waals surface area contributed by atoms with Gasteiger partial charge < -0.3 is 5.32 Å². The summed E-state index contributed by atoms with van der Waals surface area (Å²) in [5.74, 6) is -1.61. The molecular formula is C15H13ClF2N2O. The second-order valence-electron chi connectivity index (χ2n) is 4.65. The van der Waals surface area contributed by atoms with Crippen molar-refractivity contribution in [2.45, 2.75) is 19.4 Å². The molecule has 1 N–H and O–H groups in total. The largest absolute Gasteiger partial charge is 0.349 e. The minimum Gasteiger partial charge on any atom is -0.349 e. The van der Waals surface area contributed by atoms with Crippen LogP contribution in [0.1, 0.15) is 22.8 Å². The fourth-order valence-electron chi connectivity index (χ4n) is 1.90. The van der Waals surface area contributed by atoms with Gasteiger partial charge in [0.05, 0.1) is 5.56 Å². The van der Waals surface area contributed by atoms with Gasteiger partial charge >= 0.3 is 0 Å². The minimum absolute atomic E-state index is 0.0421. The Labute approximate surface area is 126 Å².